The molecule has 34 heavy (non-hydrogen) atoms. The Morgan fingerprint density at radius 2 is 1.35 bits per heavy atom. The molecule has 0 atom stereocenters. The van der Waals surface area contributed by atoms with Crippen LogP contribution >= 0.6 is 0 Å². The number of ether oxygens (including phenoxy) is 4. The highest BCUT2D eigenvalue weighted by Gasteiger charge is 2.18. The van der Waals surface area contributed by atoms with Gasteiger partial charge >= 0.3 is 5.97 Å². The molecule has 0 heterocycles. The summed E-state index contributed by atoms with van der Waals surface area (Å²) in [6.07, 6.45) is 1.71. The first kappa shape index (κ1) is 25.1. The number of carbonyl (C=O) groups excluding carboxylic acids is 1. The van der Waals surface area contributed by atoms with Gasteiger partial charge in [0.25, 0.3) is 0 Å². The summed E-state index contributed by atoms with van der Waals surface area (Å²) >= 11 is 0. The third kappa shape index (κ3) is 6.75. The summed E-state index contributed by atoms with van der Waals surface area (Å²) in [7, 11) is 4.55. The molecular weight excluding hydrogens is 430 g/mol. The smallest absolute Gasteiger partial charge is 0.338 e. The molecular formula is C28H33NO5. The number of methoxy groups -OCH3 is 3. The summed E-state index contributed by atoms with van der Waals surface area (Å²) in [5.41, 5.74) is 2.99. The number of esters is 1. The maximum Gasteiger partial charge on any atom is 0.338 e. The molecule has 180 valence electrons. The quantitative estimate of drug-likeness (QED) is 0.282. The van der Waals surface area contributed by atoms with Crippen LogP contribution in [-0.2, 0) is 4.74 Å². The van der Waals surface area contributed by atoms with E-state index in [1.54, 1.807) is 12.1 Å². The van der Waals surface area contributed by atoms with Crippen molar-refractivity contribution in [3.63, 3.8) is 0 Å². The molecule has 3 aromatic carbocycles. The van der Waals surface area contributed by atoms with Gasteiger partial charge in [0.05, 0.1) is 33.5 Å². The van der Waals surface area contributed by atoms with E-state index in [1.165, 1.54) is 32.5 Å². The molecule has 0 bridgehead atoms. The van der Waals surface area contributed by atoms with E-state index in [0.717, 1.165) is 25.9 Å². The minimum absolute atomic E-state index is 0.323. The molecule has 0 amide bonds. The van der Waals surface area contributed by atoms with Crippen LogP contribution < -0.4 is 19.5 Å². The van der Waals surface area contributed by atoms with Crippen LogP contribution in [0.15, 0.2) is 72.8 Å². The van der Waals surface area contributed by atoms with Gasteiger partial charge < -0.3 is 24.3 Å². The van der Waals surface area contributed by atoms with Gasteiger partial charge in [-0.1, -0.05) is 60.7 Å². The van der Waals surface area contributed by atoms with Crippen LogP contribution in [0.4, 0.5) is 0 Å². The van der Waals surface area contributed by atoms with Crippen molar-refractivity contribution in [2.75, 3.05) is 41.0 Å². The summed E-state index contributed by atoms with van der Waals surface area (Å²) in [5, 5.41) is 3.47. The fourth-order valence-corrected chi connectivity index (χ4v) is 3.91. The van der Waals surface area contributed by atoms with Crippen LogP contribution in [0.3, 0.4) is 0 Å². The van der Waals surface area contributed by atoms with Gasteiger partial charge in [0, 0.05) is 5.92 Å². The van der Waals surface area contributed by atoms with Gasteiger partial charge in [-0.15, -0.1) is 0 Å². The van der Waals surface area contributed by atoms with E-state index in [2.05, 4.69) is 53.8 Å². The maximum atomic E-state index is 12.5. The Morgan fingerprint density at radius 3 is 1.85 bits per heavy atom. The van der Waals surface area contributed by atoms with Gasteiger partial charge in [-0.05, 0) is 49.2 Å². The predicted octanol–water partition coefficient (Wildman–Crippen LogP) is 5.07. The van der Waals surface area contributed by atoms with E-state index in [9.17, 15) is 4.79 Å². The highest BCUT2D eigenvalue weighted by molar-refractivity contribution is 5.91. The lowest BCUT2D eigenvalue weighted by atomic mass is 9.88. The summed E-state index contributed by atoms with van der Waals surface area (Å²) < 4.78 is 21.3. The molecule has 0 aromatic heterocycles. The van der Waals surface area contributed by atoms with E-state index < -0.39 is 5.97 Å². The zero-order chi connectivity index (χ0) is 24.2. The number of hydrogen-bond donors (Lipinski definition) is 1. The maximum absolute atomic E-state index is 12.5. The van der Waals surface area contributed by atoms with Gasteiger partial charge in [-0.25, -0.2) is 4.79 Å². The average molecular weight is 464 g/mol. The van der Waals surface area contributed by atoms with Crippen molar-refractivity contribution in [2.45, 2.75) is 18.8 Å². The van der Waals surface area contributed by atoms with E-state index >= 15 is 0 Å². The molecule has 0 fully saturated rings. The largest absolute Gasteiger partial charge is 0.493 e. The first-order valence-electron chi connectivity index (χ1n) is 11.5. The van der Waals surface area contributed by atoms with E-state index in [-0.39, 0.29) is 0 Å². The molecule has 3 aromatic rings. The summed E-state index contributed by atoms with van der Waals surface area (Å²) in [5.74, 6) is 1.19. The number of benzene rings is 3. The molecule has 0 unspecified atom stereocenters. The van der Waals surface area contributed by atoms with Crippen molar-refractivity contribution in [3.8, 4) is 17.2 Å². The Labute approximate surface area is 201 Å². The molecule has 6 nitrogen and oxygen atoms in total. The summed E-state index contributed by atoms with van der Waals surface area (Å²) in [6, 6.07) is 24.3. The van der Waals surface area contributed by atoms with Crippen LogP contribution in [0.2, 0.25) is 0 Å². The zero-order valence-electron chi connectivity index (χ0n) is 20.1. The van der Waals surface area contributed by atoms with Crippen LogP contribution in [0.5, 0.6) is 17.2 Å². The molecule has 0 radical (unpaired) electrons. The standard InChI is InChI=1S/C28H33NO5/c1-31-25-19-23(20-26(32-2)27(25)33-3)28(30)34-18-10-16-29-17-15-24(21-11-6-4-7-12-21)22-13-8-5-9-14-22/h4-9,11-14,19-20,24,29H,10,15-18H2,1-3H3. The molecule has 0 spiro atoms. The molecule has 0 aliphatic carbocycles. The van der Waals surface area contributed by atoms with E-state index in [0.29, 0.717) is 35.3 Å². The van der Waals surface area contributed by atoms with Gasteiger partial charge in [0.15, 0.2) is 11.5 Å². The molecule has 0 saturated heterocycles. The minimum atomic E-state index is -0.424. The number of hydrogen-bond acceptors (Lipinski definition) is 6. The lowest BCUT2D eigenvalue weighted by molar-refractivity contribution is 0.0500. The second kappa shape index (κ2) is 13.3. The molecule has 1 N–H and O–H groups in total. The SMILES string of the molecule is COc1cc(C(=O)OCCCNCCC(c2ccccc2)c2ccccc2)cc(OC)c1OC. The van der Waals surface area contributed by atoms with Crippen LogP contribution in [0.1, 0.15) is 40.2 Å². The first-order valence-corrected chi connectivity index (χ1v) is 11.5. The number of nitrogens with one attached hydrogen (secondary N) is 1. The van der Waals surface area contributed by atoms with Crippen molar-refractivity contribution in [3.05, 3.63) is 89.5 Å². The molecule has 0 aliphatic rings. The fraction of sp³-hybridized carbons (Fsp3) is 0.321. The van der Waals surface area contributed by atoms with E-state index in [4.69, 9.17) is 18.9 Å². The third-order valence-corrected chi connectivity index (χ3v) is 5.65. The lowest BCUT2D eigenvalue weighted by Gasteiger charge is -2.18. The fourth-order valence-electron chi connectivity index (χ4n) is 3.91. The Kier molecular flexibility index (Phi) is 9.80. The normalized spacial score (nSPS) is 10.7. The summed E-state index contributed by atoms with van der Waals surface area (Å²) in [4.78, 5) is 12.5. The Hall–Kier alpha value is -3.51. The Morgan fingerprint density at radius 1 is 0.794 bits per heavy atom. The predicted molar refractivity (Wildman–Crippen MR) is 133 cm³/mol. The first-order chi connectivity index (χ1) is 16.7. The molecule has 6 heteroatoms. The molecule has 0 saturated carbocycles. The van der Waals surface area contributed by atoms with Gasteiger partial charge in [0.2, 0.25) is 5.75 Å². The van der Waals surface area contributed by atoms with Crippen molar-refractivity contribution < 1.29 is 23.7 Å². The highest BCUT2D eigenvalue weighted by Crippen LogP contribution is 2.38. The Bertz CT molecular complexity index is 959. The highest BCUT2D eigenvalue weighted by atomic mass is 16.5. The number of carbonyl (C=O) groups is 1. The van der Waals surface area contributed by atoms with Crippen molar-refractivity contribution in [2.24, 2.45) is 0 Å². The zero-order valence-corrected chi connectivity index (χ0v) is 20.1. The third-order valence-electron chi connectivity index (χ3n) is 5.65. The number of rotatable bonds is 13. The van der Waals surface area contributed by atoms with Crippen LogP contribution in [-0.4, -0.2) is 47.0 Å². The average Bonchev–Trinajstić information content (AvgIpc) is 2.90. The van der Waals surface area contributed by atoms with Crippen molar-refractivity contribution >= 4 is 5.97 Å². The molecule has 3 rings (SSSR count). The van der Waals surface area contributed by atoms with Crippen LogP contribution in [0.25, 0.3) is 0 Å². The van der Waals surface area contributed by atoms with Gasteiger partial charge in [-0.2, -0.15) is 0 Å². The topological polar surface area (TPSA) is 66.0 Å². The molecule has 0 aliphatic heterocycles. The summed E-state index contributed by atoms with van der Waals surface area (Å²) in [6.45, 7) is 1.96. The van der Waals surface area contributed by atoms with Crippen molar-refractivity contribution in [1.82, 2.24) is 5.32 Å². The minimum Gasteiger partial charge on any atom is -0.493 e. The monoisotopic (exact) mass is 463 g/mol. The second-order valence-electron chi connectivity index (χ2n) is 7.82. The van der Waals surface area contributed by atoms with Gasteiger partial charge in [-0.3, -0.25) is 0 Å². The van der Waals surface area contributed by atoms with Gasteiger partial charge in [0.1, 0.15) is 0 Å². The lowest BCUT2D eigenvalue weighted by Crippen LogP contribution is -2.21. The van der Waals surface area contributed by atoms with E-state index in [1.807, 2.05) is 12.1 Å². The second-order valence-corrected chi connectivity index (χ2v) is 7.82. The van der Waals surface area contributed by atoms with Crippen LogP contribution in [0, 0.1) is 0 Å². The Balaban J connectivity index is 1.45. The van der Waals surface area contributed by atoms with Crippen molar-refractivity contribution in [1.29, 1.82) is 0 Å².